The van der Waals surface area contributed by atoms with Crippen LogP contribution in [0.1, 0.15) is 18.9 Å². The van der Waals surface area contributed by atoms with Crippen molar-refractivity contribution >= 4 is 11.6 Å². The average molecular weight is 234 g/mol. The van der Waals surface area contributed by atoms with Crippen LogP contribution in [0.3, 0.4) is 0 Å². The third-order valence-electron chi connectivity index (χ3n) is 2.06. The third kappa shape index (κ3) is 4.58. The Morgan fingerprint density at radius 3 is 2.40 bits per heavy atom. The Balaban J connectivity index is 2.43. The van der Waals surface area contributed by atoms with Gasteiger partial charge in [-0.15, -0.1) is 11.6 Å². The molecule has 0 heterocycles. The Morgan fingerprint density at radius 2 is 1.87 bits per heavy atom. The maximum Gasteiger partial charge on any atom is 0.126 e. The van der Waals surface area contributed by atoms with Gasteiger partial charge in [-0.05, 0) is 24.1 Å². The summed E-state index contributed by atoms with van der Waals surface area (Å²) in [5.41, 5.74) is 0.590. The first-order valence-corrected chi connectivity index (χ1v) is 5.35. The molecule has 0 saturated heterocycles. The fourth-order valence-electron chi connectivity index (χ4n) is 1.23. The van der Waals surface area contributed by atoms with Crippen LogP contribution < -0.4 is 5.32 Å². The predicted molar refractivity (Wildman–Crippen MR) is 58.0 cm³/mol. The molecule has 0 bridgehead atoms. The lowest BCUT2D eigenvalue weighted by molar-refractivity contribution is 0.573. The smallest absolute Gasteiger partial charge is 0.126 e. The van der Waals surface area contributed by atoms with E-state index in [1.165, 1.54) is 12.1 Å². The second kappa shape index (κ2) is 6.03. The van der Waals surface area contributed by atoms with Crippen LogP contribution in [0.5, 0.6) is 0 Å². The van der Waals surface area contributed by atoms with Crippen molar-refractivity contribution in [2.75, 3.05) is 6.54 Å². The Kier molecular flexibility index (Phi) is 4.99. The molecule has 4 heteroatoms. The number of rotatable bonds is 5. The second-order valence-electron chi connectivity index (χ2n) is 3.41. The highest BCUT2D eigenvalue weighted by Gasteiger charge is 2.02. The quantitative estimate of drug-likeness (QED) is 0.771. The van der Waals surface area contributed by atoms with Gasteiger partial charge in [-0.2, -0.15) is 0 Å². The minimum absolute atomic E-state index is 0.0587. The van der Waals surface area contributed by atoms with Crippen molar-refractivity contribution in [3.8, 4) is 0 Å². The van der Waals surface area contributed by atoms with E-state index in [9.17, 15) is 8.78 Å². The fraction of sp³-hybridized carbons (Fsp3) is 0.455. The van der Waals surface area contributed by atoms with Crippen LogP contribution in [-0.4, -0.2) is 11.9 Å². The van der Waals surface area contributed by atoms with E-state index in [0.29, 0.717) is 18.7 Å². The summed E-state index contributed by atoms with van der Waals surface area (Å²) in [6.07, 6.45) is 0.867. The molecule has 1 nitrogen and oxygen atoms in total. The van der Waals surface area contributed by atoms with E-state index in [-0.39, 0.29) is 5.38 Å². The largest absolute Gasteiger partial charge is 0.311 e. The number of benzene rings is 1. The highest BCUT2D eigenvalue weighted by Crippen LogP contribution is 2.08. The summed E-state index contributed by atoms with van der Waals surface area (Å²) in [5, 5.41) is 3.10. The molecule has 0 amide bonds. The first kappa shape index (κ1) is 12.4. The Hall–Kier alpha value is -0.670. The molecule has 1 aromatic carbocycles. The van der Waals surface area contributed by atoms with Gasteiger partial charge in [-0.3, -0.25) is 0 Å². The number of hydrogen-bond donors (Lipinski definition) is 1. The van der Waals surface area contributed by atoms with Crippen LogP contribution in [0.2, 0.25) is 0 Å². The normalized spacial score (nSPS) is 12.8. The summed E-state index contributed by atoms with van der Waals surface area (Å²) in [6.45, 7) is 3.05. The van der Waals surface area contributed by atoms with Gasteiger partial charge in [0.1, 0.15) is 11.6 Å². The van der Waals surface area contributed by atoms with E-state index in [2.05, 4.69) is 5.32 Å². The van der Waals surface area contributed by atoms with E-state index >= 15 is 0 Å². The molecule has 0 aliphatic rings. The van der Waals surface area contributed by atoms with Gasteiger partial charge in [-0.1, -0.05) is 6.92 Å². The lowest BCUT2D eigenvalue weighted by atomic mass is 10.2. The van der Waals surface area contributed by atoms with Crippen molar-refractivity contribution in [2.45, 2.75) is 25.3 Å². The zero-order valence-corrected chi connectivity index (χ0v) is 9.32. The minimum Gasteiger partial charge on any atom is -0.311 e. The molecule has 1 rings (SSSR count). The van der Waals surface area contributed by atoms with Gasteiger partial charge < -0.3 is 5.32 Å². The van der Waals surface area contributed by atoms with E-state index in [0.717, 1.165) is 12.5 Å². The lowest BCUT2D eigenvalue weighted by Gasteiger charge is -2.08. The van der Waals surface area contributed by atoms with Gasteiger partial charge in [0.15, 0.2) is 0 Å². The monoisotopic (exact) mass is 233 g/mol. The van der Waals surface area contributed by atoms with E-state index in [1.807, 2.05) is 6.92 Å². The summed E-state index contributed by atoms with van der Waals surface area (Å²) < 4.78 is 25.6. The maximum absolute atomic E-state index is 12.8. The van der Waals surface area contributed by atoms with Gasteiger partial charge in [-0.25, -0.2) is 8.78 Å². The zero-order chi connectivity index (χ0) is 11.3. The van der Waals surface area contributed by atoms with Crippen molar-refractivity contribution in [1.29, 1.82) is 0 Å². The van der Waals surface area contributed by atoms with Crippen LogP contribution in [0.25, 0.3) is 0 Å². The maximum atomic E-state index is 12.8. The molecule has 0 spiro atoms. The zero-order valence-electron chi connectivity index (χ0n) is 8.56. The molecule has 0 aliphatic carbocycles. The first-order chi connectivity index (χ1) is 7.11. The summed E-state index contributed by atoms with van der Waals surface area (Å²) >= 11 is 5.88. The molecule has 1 aromatic rings. The highest BCUT2D eigenvalue weighted by molar-refractivity contribution is 6.20. The highest BCUT2D eigenvalue weighted by atomic mass is 35.5. The molecule has 0 radical (unpaired) electrons. The SMILES string of the molecule is CCC(Cl)CNCc1cc(F)cc(F)c1. The molecule has 1 N–H and O–H groups in total. The van der Waals surface area contributed by atoms with Gasteiger partial charge >= 0.3 is 0 Å². The fourth-order valence-corrected chi connectivity index (χ4v) is 1.34. The molecule has 0 saturated carbocycles. The van der Waals surface area contributed by atoms with Gasteiger partial charge in [0, 0.05) is 24.5 Å². The second-order valence-corrected chi connectivity index (χ2v) is 4.03. The summed E-state index contributed by atoms with van der Waals surface area (Å²) in [6, 6.07) is 3.48. The Labute approximate surface area is 93.4 Å². The average Bonchev–Trinajstić information content (AvgIpc) is 2.16. The van der Waals surface area contributed by atoms with Crippen molar-refractivity contribution in [3.63, 3.8) is 0 Å². The van der Waals surface area contributed by atoms with E-state index in [1.54, 1.807) is 0 Å². The van der Waals surface area contributed by atoms with Crippen LogP contribution in [0.15, 0.2) is 18.2 Å². The van der Waals surface area contributed by atoms with Crippen LogP contribution in [0.4, 0.5) is 8.78 Å². The van der Waals surface area contributed by atoms with Crippen molar-refractivity contribution in [1.82, 2.24) is 5.32 Å². The molecular formula is C11H14ClF2N. The Bertz CT molecular complexity index is 297. The molecular weight excluding hydrogens is 220 g/mol. The minimum atomic E-state index is -0.551. The van der Waals surface area contributed by atoms with Crippen LogP contribution in [-0.2, 0) is 6.54 Å². The van der Waals surface area contributed by atoms with Crippen LogP contribution >= 0.6 is 11.6 Å². The standard InChI is InChI=1S/C11H14ClF2N/c1-2-9(12)7-15-6-8-3-10(13)5-11(14)4-8/h3-5,9,15H,2,6-7H2,1H3. The van der Waals surface area contributed by atoms with Crippen molar-refractivity contribution < 1.29 is 8.78 Å². The van der Waals surface area contributed by atoms with E-state index < -0.39 is 11.6 Å². The Morgan fingerprint density at radius 1 is 1.27 bits per heavy atom. The van der Waals surface area contributed by atoms with Crippen molar-refractivity contribution in [3.05, 3.63) is 35.4 Å². The number of hydrogen-bond acceptors (Lipinski definition) is 1. The summed E-state index contributed by atoms with van der Waals surface area (Å²) in [4.78, 5) is 0. The molecule has 0 aromatic heterocycles. The third-order valence-corrected chi connectivity index (χ3v) is 2.52. The van der Waals surface area contributed by atoms with Crippen LogP contribution in [0, 0.1) is 11.6 Å². The number of alkyl halides is 1. The predicted octanol–water partition coefficient (Wildman–Crippen LogP) is 3.07. The summed E-state index contributed by atoms with van der Waals surface area (Å²) in [7, 11) is 0. The molecule has 0 fully saturated rings. The molecule has 1 atom stereocenters. The molecule has 0 aliphatic heterocycles. The number of halogens is 3. The molecule has 15 heavy (non-hydrogen) atoms. The van der Waals surface area contributed by atoms with Crippen molar-refractivity contribution in [2.24, 2.45) is 0 Å². The van der Waals surface area contributed by atoms with Gasteiger partial charge in [0.25, 0.3) is 0 Å². The topological polar surface area (TPSA) is 12.0 Å². The summed E-state index contributed by atoms with van der Waals surface area (Å²) in [5.74, 6) is -1.10. The molecule has 1 unspecified atom stereocenters. The first-order valence-electron chi connectivity index (χ1n) is 4.91. The molecule has 84 valence electrons. The number of nitrogens with one attached hydrogen (secondary N) is 1. The van der Waals surface area contributed by atoms with Gasteiger partial charge in [0.05, 0.1) is 0 Å². The van der Waals surface area contributed by atoms with Gasteiger partial charge in [0.2, 0.25) is 0 Å². The van der Waals surface area contributed by atoms with E-state index in [4.69, 9.17) is 11.6 Å². The lowest BCUT2D eigenvalue weighted by Crippen LogP contribution is -2.22.